The first-order valence-electron chi connectivity index (χ1n) is 5.87. The molecule has 0 aromatic heterocycles. The normalized spacial score (nSPS) is 26.3. The van der Waals surface area contributed by atoms with E-state index in [0.717, 1.165) is 13.0 Å². The smallest absolute Gasteiger partial charge is 0.410 e. The Morgan fingerprint density at radius 1 is 1.38 bits per heavy atom. The summed E-state index contributed by atoms with van der Waals surface area (Å²) in [5, 5.41) is 0. The minimum Gasteiger partial charge on any atom is -0.444 e. The molecule has 0 N–H and O–H groups in total. The Labute approximate surface area is 98.5 Å². The molecule has 4 heteroatoms. The van der Waals surface area contributed by atoms with Crippen LogP contribution in [0.3, 0.4) is 0 Å². The first kappa shape index (κ1) is 13.3. The molecule has 94 valence electrons. The lowest BCUT2D eigenvalue weighted by Crippen LogP contribution is -2.40. The third-order valence-electron chi connectivity index (χ3n) is 2.91. The van der Waals surface area contributed by atoms with Gasteiger partial charge in [0.05, 0.1) is 0 Å². The average molecular weight is 228 g/mol. The minimum absolute atomic E-state index is 0.190. The molecule has 1 fully saturated rings. The van der Waals surface area contributed by atoms with Crippen LogP contribution in [0.2, 0.25) is 0 Å². The van der Waals surface area contributed by atoms with Gasteiger partial charge in [-0.2, -0.15) is 0 Å². The van der Waals surface area contributed by atoms with Gasteiger partial charge in [-0.15, -0.1) is 0 Å². The van der Waals surface area contributed by atoms with Gasteiger partial charge in [-0.05, 0) is 48.2 Å². The summed E-state index contributed by atoms with van der Waals surface area (Å²) in [4.78, 5) is 15.9. The van der Waals surface area contributed by atoms with Crippen molar-refractivity contribution >= 4 is 6.09 Å². The van der Waals surface area contributed by atoms with Crippen LogP contribution in [0.1, 0.15) is 34.1 Å². The Bertz CT molecular complexity index is 258. The summed E-state index contributed by atoms with van der Waals surface area (Å²) < 4.78 is 5.39. The number of amides is 1. The molecule has 0 aromatic carbocycles. The van der Waals surface area contributed by atoms with Gasteiger partial charge in [-0.25, -0.2) is 4.79 Å². The molecular formula is C12H24N2O2. The molecular weight excluding hydrogens is 204 g/mol. The summed E-state index contributed by atoms with van der Waals surface area (Å²) in [6, 6.07) is 0.713. The van der Waals surface area contributed by atoms with Crippen molar-refractivity contribution in [1.29, 1.82) is 0 Å². The topological polar surface area (TPSA) is 32.8 Å². The lowest BCUT2D eigenvalue weighted by Gasteiger charge is -2.27. The van der Waals surface area contributed by atoms with E-state index in [-0.39, 0.29) is 12.1 Å². The number of likely N-dealkylation sites (N-methyl/N-ethyl adjacent to an activating group) is 1. The van der Waals surface area contributed by atoms with Gasteiger partial charge in [-0.3, -0.25) is 0 Å². The van der Waals surface area contributed by atoms with Crippen LogP contribution in [0.4, 0.5) is 4.79 Å². The molecule has 1 rings (SSSR count). The summed E-state index contributed by atoms with van der Waals surface area (Å²) >= 11 is 0. The van der Waals surface area contributed by atoms with Crippen molar-refractivity contribution in [1.82, 2.24) is 9.80 Å². The van der Waals surface area contributed by atoms with Gasteiger partial charge in [0, 0.05) is 18.6 Å². The average Bonchev–Trinajstić information content (AvgIpc) is 2.44. The molecule has 0 aliphatic carbocycles. The lowest BCUT2D eigenvalue weighted by atomic mass is 10.2. The maximum Gasteiger partial charge on any atom is 0.410 e. The number of carbonyl (C=O) groups is 1. The van der Waals surface area contributed by atoms with Crippen molar-refractivity contribution in [3.8, 4) is 0 Å². The number of hydrogen-bond donors (Lipinski definition) is 0. The van der Waals surface area contributed by atoms with E-state index in [0.29, 0.717) is 6.04 Å². The molecule has 2 atom stereocenters. The van der Waals surface area contributed by atoms with Gasteiger partial charge >= 0.3 is 6.09 Å². The second kappa shape index (κ2) is 4.62. The lowest BCUT2D eigenvalue weighted by molar-refractivity contribution is 0.0231. The second-order valence-corrected chi connectivity index (χ2v) is 5.83. The highest BCUT2D eigenvalue weighted by atomic mass is 16.6. The fourth-order valence-electron chi connectivity index (χ4n) is 1.95. The van der Waals surface area contributed by atoms with Crippen molar-refractivity contribution in [2.24, 2.45) is 0 Å². The molecule has 4 nitrogen and oxygen atoms in total. The van der Waals surface area contributed by atoms with Crippen LogP contribution >= 0.6 is 0 Å². The van der Waals surface area contributed by atoms with E-state index in [9.17, 15) is 4.79 Å². The largest absolute Gasteiger partial charge is 0.444 e. The van der Waals surface area contributed by atoms with Crippen LogP contribution in [-0.2, 0) is 4.74 Å². The SMILES string of the molecule is C[C@@H]1C[C@@H](N(C)C)CN1C(=O)OC(C)(C)C. The molecule has 0 saturated carbocycles. The highest BCUT2D eigenvalue weighted by Crippen LogP contribution is 2.22. The maximum atomic E-state index is 11.9. The molecule has 1 saturated heterocycles. The van der Waals surface area contributed by atoms with E-state index < -0.39 is 5.60 Å². The minimum atomic E-state index is -0.410. The van der Waals surface area contributed by atoms with Crippen LogP contribution in [0.5, 0.6) is 0 Å². The van der Waals surface area contributed by atoms with Gasteiger partial charge in [0.25, 0.3) is 0 Å². The Balaban J connectivity index is 2.58. The first-order valence-corrected chi connectivity index (χ1v) is 5.87. The van der Waals surface area contributed by atoms with Crippen molar-refractivity contribution in [3.63, 3.8) is 0 Å². The number of ether oxygens (including phenoxy) is 1. The molecule has 0 unspecified atom stereocenters. The van der Waals surface area contributed by atoms with E-state index >= 15 is 0 Å². The Kier molecular flexibility index (Phi) is 3.84. The Morgan fingerprint density at radius 2 is 1.94 bits per heavy atom. The quantitative estimate of drug-likeness (QED) is 0.687. The number of likely N-dealkylation sites (tertiary alicyclic amines) is 1. The zero-order valence-corrected chi connectivity index (χ0v) is 11.3. The summed E-state index contributed by atoms with van der Waals surface area (Å²) in [7, 11) is 4.10. The molecule has 1 amide bonds. The summed E-state index contributed by atoms with van der Waals surface area (Å²) in [6.45, 7) is 8.54. The van der Waals surface area contributed by atoms with Gasteiger partial charge < -0.3 is 14.5 Å². The molecule has 0 radical (unpaired) electrons. The van der Waals surface area contributed by atoms with Gasteiger partial charge in [-0.1, -0.05) is 0 Å². The molecule has 0 spiro atoms. The van der Waals surface area contributed by atoms with Crippen LogP contribution in [0.25, 0.3) is 0 Å². The maximum absolute atomic E-state index is 11.9. The monoisotopic (exact) mass is 228 g/mol. The van der Waals surface area contributed by atoms with Gasteiger partial charge in [0.2, 0.25) is 0 Å². The Hall–Kier alpha value is -0.770. The number of hydrogen-bond acceptors (Lipinski definition) is 3. The van der Waals surface area contributed by atoms with Crippen LogP contribution in [0, 0.1) is 0 Å². The fourth-order valence-corrected chi connectivity index (χ4v) is 1.95. The first-order chi connectivity index (χ1) is 7.20. The molecule has 1 aliphatic rings. The predicted octanol–water partition coefficient (Wildman–Crippen LogP) is 1.95. The van der Waals surface area contributed by atoms with Crippen molar-refractivity contribution < 1.29 is 9.53 Å². The summed E-state index contributed by atoms with van der Waals surface area (Å²) in [6.07, 6.45) is 0.830. The standard InChI is InChI=1S/C12H24N2O2/c1-9-7-10(13(5)6)8-14(9)11(15)16-12(2,3)4/h9-10H,7-8H2,1-6H3/t9-,10-/m1/s1. The highest BCUT2D eigenvalue weighted by Gasteiger charge is 2.35. The van der Waals surface area contributed by atoms with E-state index in [1.54, 1.807) is 0 Å². The zero-order chi connectivity index (χ0) is 12.5. The summed E-state index contributed by atoms with van der Waals surface area (Å²) in [5.41, 5.74) is -0.410. The molecule has 0 aromatic rings. The third-order valence-corrected chi connectivity index (χ3v) is 2.91. The van der Waals surface area contributed by atoms with E-state index in [1.807, 2.05) is 25.7 Å². The number of carbonyl (C=O) groups excluding carboxylic acids is 1. The number of nitrogens with zero attached hydrogens (tertiary/aromatic N) is 2. The molecule has 0 bridgehead atoms. The van der Waals surface area contributed by atoms with Crippen molar-refractivity contribution in [3.05, 3.63) is 0 Å². The van der Waals surface area contributed by atoms with Crippen LogP contribution < -0.4 is 0 Å². The molecule has 1 heterocycles. The fraction of sp³-hybridized carbons (Fsp3) is 0.917. The van der Waals surface area contributed by atoms with E-state index in [1.165, 1.54) is 0 Å². The van der Waals surface area contributed by atoms with E-state index in [4.69, 9.17) is 4.74 Å². The van der Waals surface area contributed by atoms with Gasteiger partial charge in [0.1, 0.15) is 5.60 Å². The summed E-state index contributed by atoms with van der Waals surface area (Å²) in [5.74, 6) is 0. The Morgan fingerprint density at radius 3 is 2.31 bits per heavy atom. The molecule has 16 heavy (non-hydrogen) atoms. The predicted molar refractivity (Wildman–Crippen MR) is 64.5 cm³/mol. The zero-order valence-electron chi connectivity index (χ0n) is 11.3. The number of rotatable bonds is 1. The van der Waals surface area contributed by atoms with Crippen LogP contribution in [-0.4, -0.2) is 54.2 Å². The van der Waals surface area contributed by atoms with Crippen LogP contribution in [0.15, 0.2) is 0 Å². The van der Waals surface area contributed by atoms with Gasteiger partial charge in [0.15, 0.2) is 0 Å². The van der Waals surface area contributed by atoms with Crippen molar-refractivity contribution in [2.45, 2.75) is 51.8 Å². The molecule has 1 aliphatic heterocycles. The third kappa shape index (κ3) is 3.37. The van der Waals surface area contributed by atoms with E-state index in [2.05, 4.69) is 25.9 Å². The highest BCUT2D eigenvalue weighted by molar-refractivity contribution is 5.69. The second-order valence-electron chi connectivity index (χ2n) is 5.83. The van der Waals surface area contributed by atoms with Crippen molar-refractivity contribution in [2.75, 3.05) is 20.6 Å².